The third kappa shape index (κ3) is 6.03. The van der Waals surface area contributed by atoms with Crippen LogP contribution in [0.25, 0.3) is 16.8 Å². The second-order valence-electron chi connectivity index (χ2n) is 9.38. The Bertz CT molecular complexity index is 1410. The molecule has 4 aromatic heterocycles. The number of fused-ring (bicyclic) bond motifs is 1. The minimum absolute atomic E-state index is 0.0320. The van der Waals surface area contributed by atoms with Crippen LogP contribution in [0, 0.1) is 5.92 Å². The predicted molar refractivity (Wildman–Crippen MR) is 135 cm³/mol. The van der Waals surface area contributed by atoms with Gasteiger partial charge < -0.3 is 15.8 Å². The SMILES string of the molecule is CC[C@H](C)NC(=O)c1cc(-c2cnn(C(c3ccc(OCC(F)(F)F)nc3)C(C)C)c2)cc2nc(N)nn12. The molecule has 0 aliphatic carbocycles. The zero-order valence-electron chi connectivity index (χ0n) is 21.4. The fourth-order valence-electron chi connectivity index (χ4n) is 4.02. The molecule has 0 fully saturated rings. The lowest BCUT2D eigenvalue weighted by Crippen LogP contribution is -2.33. The summed E-state index contributed by atoms with van der Waals surface area (Å²) >= 11 is 0. The molecular formula is C25H29F3N8O2. The van der Waals surface area contributed by atoms with Crippen molar-refractivity contribution in [3.8, 4) is 17.0 Å². The molecule has 202 valence electrons. The van der Waals surface area contributed by atoms with Crippen LogP contribution < -0.4 is 15.8 Å². The summed E-state index contributed by atoms with van der Waals surface area (Å²) in [7, 11) is 0. The first-order valence-corrected chi connectivity index (χ1v) is 12.1. The highest BCUT2D eigenvalue weighted by molar-refractivity contribution is 5.95. The van der Waals surface area contributed by atoms with Gasteiger partial charge in [0.2, 0.25) is 11.8 Å². The number of hydrogen-bond acceptors (Lipinski definition) is 7. The van der Waals surface area contributed by atoms with E-state index in [1.165, 1.54) is 16.8 Å². The van der Waals surface area contributed by atoms with Crippen LogP contribution in [0.15, 0.2) is 42.9 Å². The summed E-state index contributed by atoms with van der Waals surface area (Å²) < 4.78 is 45.2. The third-order valence-corrected chi connectivity index (χ3v) is 6.01. The van der Waals surface area contributed by atoms with E-state index < -0.39 is 12.8 Å². The van der Waals surface area contributed by atoms with Crippen LogP contribution >= 0.6 is 0 Å². The molecule has 2 atom stereocenters. The average molecular weight is 531 g/mol. The maximum absolute atomic E-state index is 13.0. The van der Waals surface area contributed by atoms with Crippen molar-refractivity contribution in [2.45, 2.75) is 52.4 Å². The molecule has 4 heterocycles. The monoisotopic (exact) mass is 530 g/mol. The van der Waals surface area contributed by atoms with Gasteiger partial charge in [-0.15, -0.1) is 5.10 Å². The summed E-state index contributed by atoms with van der Waals surface area (Å²) in [5, 5.41) is 11.6. The third-order valence-electron chi connectivity index (χ3n) is 6.01. The first-order chi connectivity index (χ1) is 17.9. The van der Waals surface area contributed by atoms with Crippen molar-refractivity contribution >= 4 is 17.5 Å². The van der Waals surface area contributed by atoms with Gasteiger partial charge in [0.1, 0.15) is 5.69 Å². The van der Waals surface area contributed by atoms with Crippen molar-refractivity contribution in [1.29, 1.82) is 0 Å². The van der Waals surface area contributed by atoms with Gasteiger partial charge in [-0.25, -0.2) is 9.50 Å². The fraction of sp³-hybridized carbons (Fsp3) is 0.400. The molecule has 38 heavy (non-hydrogen) atoms. The van der Waals surface area contributed by atoms with Crippen LogP contribution in [0.1, 0.15) is 56.2 Å². The maximum Gasteiger partial charge on any atom is 0.422 e. The van der Waals surface area contributed by atoms with Crippen molar-refractivity contribution in [3.63, 3.8) is 0 Å². The zero-order chi connectivity index (χ0) is 27.6. The largest absolute Gasteiger partial charge is 0.468 e. The molecule has 10 nitrogen and oxygen atoms in total. The molecule has 0 radical (unpaired) electrons. The number of pyridine rings is 2. The van der Waals surface area contributed by atoms with Crippen LogP contribution in [0.2, 0.25) is 0 Å². The highest BCUT2D eigenvalue weighted by Gasteiger charge is 2.29. The summed E-state index contributed by atoms with van der Waals surface area (Å²) in [6.07, 6.45) is 1.32. The Kier molecular flexibility index (Phi) is 7.56. The number of halogens is 3. The van der Waals surface area contributed by atoms with Gasteiger partial charge in [0, 0.05) is 30.1 Å². The topological polar surface area (TPSA) is 125 Å². The van der Waals surface area contributed by atoms with E-state index in [0.29, 0.717) is 11.2 Å². The molecular weight excluding hydrogens is 501 g/mol. The number of alkyl halides is 3. The van der Waals surface area contributed by atoms with Gasteiger partial charge in [-0.05, 0) is 48.6 Å². The lowest BCUT2D eigenvalue weighted by atomic mass is 9.97. The quantitative estimate of drug-likeness (QED) is 0.331. The second kappa shape index (κ2) is 10.7. The van der Waals surface area contributed by atoms with Crippen molar-refractivity contribution in [3.05, 3.63) is 54.1 Å². The van der Waals surface area contributed by atoms with E-state index in [4.69, 9.17) is 10.5 Å². The molecule has 1 unspecified atom stereocenters. The second-order valence-corrected chi connectivity index (χ2v) is 9.38. The van der Waals surface area contributed by atoms with Crippen molar-refractivity contribution < 1.29 is 22.7 Å². The van der Waals surface area contributed by atoms with Gasteiger partial charge in [0.15, 0.2) is 12.3 Å². The number of rotatable bonds is 9. The summed E-state index contributed by atoms with van der Waals surface area (Å²) in [5.41, 5.74) is 8.69. The Morgan fingerprint density at radius 1 is 1.16 bits per heavy atom. The number of nitrogens with two attached hydrogens (primary N) is 1. The van der Waals surface area contributed by atoms with Crippen LogP contribution in [0.4, 0.5) is 19.1 Å². The van der Waals surface area contributed by atoms with Crippen molar-refractivity contribution in [1.82, 2.24) is 34.7 Å². The van der Waals surface area contributed by atoms with E-state index in [1.807, 2.05) is 33.9 Å². The van der Waals surface area contributed by atoms with Crippen LogP contribution in [0.3, 0.4) is 0 Å². The van der Waals surface area contributed by atoms with Crippen LogP contribution in [0.5, 0.6) is 5.88 Å². The van der Waals surface area contributed by atoms with E-state index in [1.54, 1.807) is 29.1 Å². The van der Waals surface area contributed by atoms with E-state index in [2.05, 4.69) is 25.5 Å². The molecule has 4 aromatic rings. The highest BCUT2D eigenvalue weighted by atomic mass is 19.4. The number of ether oxygens (including phenoxy) is 1. The minimum atomic E-state index is -4.44. The van der Waals surface area contributed by atoms with Gasteiger partial charge in [0.05, 0.1) is 12.2 Å². The number of carbonyl (C=O) groups excluding carboxylic acids is 1. The Morgan fingerprint density at radius 3 is 2.55 bits per heavy atom. The van der Waals surface area contributed by atoms with Crippen LogP contribution in [-0.2, 0) is 0 Å². The highest BCUT2D eigenvalue weighted by Crippen LogP contribution is 2.30. The average Bonchev–Trinajstić information content (AvgIpc) is 3.48. The lowest BCUT2D eigenvalue weighted by molar-refractivity contribution is -0.154. The smallest absolute Gasteiger partial charge is 0.422 e. The molecule has 0 aromatic carbocycles. The van der Waals surface area contributed by atoms with Gasteiger partial charge in [0.25, 0.3) is 5.91 Å². The summed E-state index contributed by atoms with van der Waals surface area (Å²) in [6.45, 7) is 6.48. The molecule has 13 heteroatoms. The lowest BCUT2D eigenvalue weighted by Gasteiger charge is -2.22. The van der Waals surface area contributed by atoms with E-state index in [-0.39, 0.29) is 41.4 Å². The molecule has 0 aliphatic heterocycles. The number of nitrogens with one attached hydrogen (secondary N) is 1. The van der Waals surface area contributed by atoms with E-state index in [0.717, 1.165) is 17.5 Å². The number of aromatic nitrogens is 6. The Morgan fingerprint density at radius 2 is 1.92 bits per heavy atom. The first-order valence-electron chi connectivity index (χ1n) is 12.1. The number of amides is 1. The van der Waals surface area contributed by atoms with Gasteiger partial charge in [-0.2, -0.15) is 23.3 Å². The fourth-order valence-corrected chi connectivity index (χ4v) is 4.02. The Hall–Kier alpha value is -4.16. The van der Waals surface area contributed by atoms with Crippen molar-refractivity contribution in [2.24, 2.45) is 5.92 Å². The molecule has 3 N–H and O–H groups in total. The summed E-state index contributed by atoms with van der Waals surface area (Å²) in [6, 6.07) is 6.27. The maximum atomic E-state index is 13.0. The molecule has 0 aliphatic rings. The van der Waals surface area contributed by atoms with Gasteiger partial charge in [-0.3, -0.25) is 9.48 Å². The number of carbonyl (C=O) groups is 1. The normalized spacial score (nSPS) is 13.6. The van der Waals surface area contributed by atoms with E-state index in [9.17, 15) is 18.0 Å². The predicted octanol–water partition coefficient (Wildman–Crippen LogP) is 4.28. The van der Waals surface area contributed by atoms with Crippen LogP contribution in [-0.4, -0.2) is 54.1 Å². The molecule has 0 saturated carbocycles. The van der Waals surface area contributed by atoms with E-state index >= 15 is 0 Å². The molecule has 0 spiro atoms. The standard InChI is InChI=1S/C25H29F3N8O2/c1-5-15(4)32-23(37)19-8-17(9-20-33-24(29)34-36(19)20)18-11-31-35(12-18)22(14(2)3)16-6-7-21(30-10-16)38-13-25(26,27)28/h6-12,14-15,22H,5,13H2,1-4H3,(H2,29,34)(H,32,37)/t15-,22?/m0/s1. The molecule has 0 bridgehead atoms. The zero-order valence-corrected chi connectivity index (χ0v) is 21.4. The summed E-state index contributed by atoms with van der Waals surface area (Å²) in [5.74, 6) is -0.297. The first kappa shape index (κ1) is 26.9. The number of nitrogen functional groups attached to an aromatic ring is 1. The molecule has 0 saturated heterocycles. The molecule has 1 amide bonds. The number of anilines is 1. The van der Waals surface area contributed by atoms with Crippen molar-refractivity contribution in [2.75, 3.05) is 12.3 Å². The van der Waals surface area contributed by atoms with Gasteiger partial charge >= 0.3 is 6.18 Å². The number of hydrogen-bond donors (Lipinski definition) is 2. The van der Waals surface area contributed by atoms with Gasteiger partial charge in [-0.1, -0.05) is 20.8 Å². The summed E-state index contributed by atoms with van der Waals surface area (Å²) in [4.78, 5) is 21.3. The Balaban J connectivity index is 1.65. The molecule has 4 rings (SSSR count). The minimum Gasteiger partial charge on any atom is -0.468 e. The Labute approximate surface area is 217 Å². The number of nitrogens with zero attached hydrogens (tertiary/aromatic N) is 6.